The van der Waals surface area contributed by atoms with Crippen LogP contribution in [0.4, 0.5) is 17.1 Å². The van der Waals surface area contributed by atoms with Crippen LogP contribution < -0.4 is 4.90 Å². The Balaban J connectivity index is 1.03. The molecular weight excluding hydrogens is 819 g/mol. The van der Waals surface area contributed by atoms with Gasteiger partial charge in [0.15, 0.2) is 0 Å². The van der Waals surface area contributed by atoms with E-state index < -0.39 is 5.41 Å². The zero-order valence-electron chi connectivity index (χ0n) is 41.1. The Hall–Kier alpha value is -8.78. The van der Waals surface area contributed by atoms with E-state index in [0.29, 0.717) is 11.3 Å². The van der Waals surface area contributed by atoms with Crippen molar-refractivity contribution < 1.29 is 5.48 Å². The molecule has 0 saturated heterocycles. The highest BCUT2D eigenvalue weighted by atomic mass is 15.1. The van der Waals surface area contributed by atoms with Crippen molar-refractivity contribution in [1.82, 2.24) is 0 Å². The molecule has 0 saturated carbocycles. The molecule has 0 fully saturated rings. The number of anilines is 3. The second-order valence-electron chi connectivity index (χ2n) is 17.7. The number of nitrogens with zero attached hydrogens (tertiary/aromatic N) is 1. The third kappa shape index (κ3) is 6.39. The van der Waals surface area contributed by atoms with Crippen LogP contribution in [0.1, 0.15) is 27.7 Å². The summed E-state index contributed by atoms with van der Waals surface area (Å²) in [7, 11) is 0. The Morgan fingerprint density at radius 2 is 0.853 bits per heavy atom. The SMILES string of the molecule is [2H]c1c([2H])c(N(c2ccc(-c3ccc4c(ccc5ccccc54)c3)cc2)c2cccc3c2-c2ccccc2C3(c2ccccc2)c2ccccc2)c([2H])c([2H])c1-c1cccc(-c2cccc3ccccc23)c1. The quantitative estimate of drug-likeness (QED) is 0.138. The molecule has 1 aliphatic carbocycles. The predicted octanol–water partition coefficient (Wildman–Crippen LogP) is 18.0. The lowest BCUT2D eigenvalue weighted by atomic mass is 9.68. The molecule has 13 rings (SSSR count). The molecule has 1 nitrogen and oxygen atoms in total. The third-order valence-corrected chi connectivity index (χ3v) is 14.0. The van der Waals surface area contributed by atoms with Crippen molar-refractivity contribution in [3.63, 3.8) is 0 Å². The first-order chi connectivity index (χ1) is 35.4. The highest BCUT2D eigenvalue weighted by Crippen LogP contribution is 2.59. The Bertz CT molecular complexity index is 4020. The molecule has 1 heteroatoms. The molecule has 1 aliphatic rings. The minimum Gasteiger partial charge on any atom is -0.310 e. The van der Waals surface area contributed by atoms with Crippen molar-refractivity contribution in [2.75, 3.05) is 4.90 Å². The molecule has 0 atom stereocenters. The topological polar surface area (TPSA) is 3.24 Å². The molecule has 0 radical (unpaired) electrons. The van der Waals surface area contributed by atoms with Crippen molar-refractivity contribution in [3.8, 4) is 44.5 Å². The lowest BCUT2D eigenvalue weighted by molar-refractivity contribution is 0.768. The maximum absolute atomic E-state index is 10.0. The fourth-order valence-electron chi connectivity index (χ4n) is 10.9. The van der Waals surface area contributed by atoms with E-state index in [0.717, 1.165) is 77.5 Å². The molecule has 318 valence electrons. The van der Waals surface area contributed by atoms with Gasteiger partial charge in [0.1, 0.15) is 0 Å². The van der Waals surface area contributed by atoms with E-state index in [1.54, 1.807) is 0 Å². The van der Waals surface area contributed by atoms with Gasteiger partial charge in [0, 0.05) is 16.9 Å². The molecular formula is C67H45N. The second-order valence-corrected chi connectivity index (χ2v) is 17.7. The van der Waals surface area contributed by atoms with Crippen LogP contribution >= 0.6 is 0 Å². The number of rotatable bonds is 8. The number of fused-ring (bicyclic) bond motifs is 7. The molecule has 0 aromatic heterocycles. The predicted molar refractivity (Wildman–Crippen MR) is 287 cm³/mol. The van der Waals surface area contributed by atoms with E-state index in [1.807, 2.05) is 47.4 Å². The largest absolute Gasteiger partial charge is 0.310 e. The van der Waals surface area contributed by atoms with Crippen molar-refractivity contribution >= 4 is 49.4 Å². The normalized spacial score (nSPS) is 13.4. The maximum atomic E-state index is 10.0. The van der Waals surface area contributed by atoms with E-state index in [4.69, 9.17) is 0 Å². The summed E-state index contributed by atoms with van der Waals surface area (Å²) in [4.78, 5) is 1.97. The lowest BCUT2D eigenvalue weighted by Gasteiger charge is -2.34. The number of hydrogen-bond acceptors (Lipinski definition) is 1. The summed E-state index contributed by atoms with van der Waals surface area (Å²) in [5, 5.41) is 7.00. The van der Waals surface area contributed by atoms with E-state index in [2.05, 4.69) is 206 Å². The van der Waals surface area contributed by atoms with Gasteiger partial charge in [0.25, 0.3) is 0 Å². The minimum atomic E-state index is -0.699. The van der Waals surface area contributed by atoms with Gasteiger partial charge in [0.2, 0.25) is 0 Å². The molecule has 12 aromatic rings. The van der Waals surface area contributed by atoms with Gasteiger partial charge in [-0.25, -0.2) is 0 Å². The van der Waals surface area contributed by atoms with Crippen LogP contribution in [0.3, 0.4) is 0 Å². The van der Waals surface area contributed by atoms with Gasteiger partial charge in [-0.15, -0.1) is 0 Å². The summed E-state index contributed by atoms with van der Waals surface area (Å²) in [6.07, 6.45) is 0. The van der Waals surface area contributed by atoms with Crippen molar-refractivity contribution in [3.05, 3.63) is 295 Å². The first kappa shape index (κ1) is 35.5. The zero-order chi connectivity index (χ0) is 48.5. The Kier molecular flexibility index (Phi) is 8.49. The molecule has 0 amide bonds. The third-order valence-electron chi connectivity index (χ3n) is 14.0. The minimum absolute atomic E-state index is 0.109. The Labute approximate surface area is 403 Å². The van der Waals surface area contributed by atoms with Crippen LogP contribution in [0.15, 0.2) is 273 Å². The summed E-state index contributed by atoms with van der Waals surface area (Å²) in [5.74, 6) is 0. The van der Waals surface area contributed by atoms with E-state index in [9.17, 15) is 5.48 Å². The van der Waals surface area contributed by atoms with E-state index in [-0.39, 0.29) is 35.4 Å². The van der Waals surface area contributed by atoms with E-state index >= 15 is 0 Å². The lowest BCUT2D eigenvalue weighted by Crippen LogP contribution is -2.28. The van der Waals surface area contributed by atoms with Crippen LogP contribution in [0.5, 0.6) is 0 Å². The van der Waals surface area contributed by atoms with Gasteiger partial charge in [-0.1, -0.05) is 230 Å². The van der Waals surface area contributed by atoms with Gasteiger partial charge < -0.3 is 4.90 Å². The molecule has 0 aliphatic heterocycles. The fraction of sp³-hybridized carbons (Fsp3) is 0.0149. The molecule has 0 spiro atoms. The van der Waals surface area contributed by atoms with Crippen molar-refractivity contribution in [2.45, 2.75) is 5.41 Å². The van der Waals surface area contributed by atoms with Gasteiger partial charge in [-0.3, -0.25) is 0 Å². The first-order valence-electron chi connectivity index (χ1n) is 25.3. The van der Waals surface area contributed by atoms with Crippen molar-refractivity contribution in [2.24, 2.45) is 0 Å². The summed E-state index contributed by atoms with van der Waals surface area (Å²) >= 11 is 0. The van der Waals surface area contributed by atoms with Crippen LogP contribution in [0.2, 0.25) is 0 Å². The summed E-state index contributed by atoms with van der Waals surface area (Å²) < 4.78 is 39.8. The van der Waals surface area contributed by atoms with Gasteiger partial charge in [-0.05, 0) is 136 Å². The first-order valence-corrected chi connectivity index (χ1v) is 23.3. The smallest absolute Gasteiger partial charge is 0.0714 e. The second kappa shape index (κ2) is 16.3. The van der Waals surface area contributed by atoms with Gasteiger partial charge in [-0.2, -0.15) is 0 Å². The highest BCUT2D eigenvalue weighted by Gasteiger charge is 2.47. The van der Waals surface area contributed by atoms with Crippen LogP contribution in [-0.4, -0.2) is 0 Å². The van der Waals surface area contributed by atoms with Crippen molar-refractivity contribution in [1.29, 1.82) is 0 Å². The molecule has 0 unspecified atom stereocenters. The van der Waals surface area contributed by atoms with E-state index in [1.165, 1.54) is 16.2 Å². The average Bonchev–Trinajstić information content (AvgIpc) is 3.75. The highest BCUT2D eigenvalue weighted by molar-refractivity contribution is 6.08. The maximum Gasteiger partial charge on any atom is 0.0714 e. The summed E-state index contributed by atoms with van der Waals surface area (Å²) in [6.45, 7) is 0. The molecule has 0 heterocycles. The van der Waals surface area contributed by atoms with Gasteiger partial charge >= 0.3 is 0 Å². The molecule has 0 N–H and O–H groups in total. The Morgan fingerprint density at radius 1 is 0.309 bits per heavy atom. The molecule has 0 bridgehead atoms. The molecule has 12 aromatic carbocycles. The summed E-state index contributed by atoms with van der Waals surface area (Å²) in [6, 6.07) is 85.9. The number of benzene rings is 12. The van der Waals surface area contributed by atoms with Crippen LogP contribution in [-0.2, 0) is 5.41 Å². The van der Waals surface area contributed by atoms with Gasteiger partial charge in [0.05, 0.1) is 16.6 Å². The average molecular weight is 868 g/mol. The van der Waals surface area contributed by atoms with Crippen LogP contribution in [0, 0.1) is 0 Å². The monoisotopic (exact) mass is 867 g/mol. The standard InChI is InChI=1S/C67H45N/c1-3-21-54(22-4-1)67(55-23-5-2-6-24-55)63-29-12-11-27-62(63)66-64(67)30-15-31-65(66)68(57-41-36-47(37-42-57)51-38-43-61-53(45-51)33-32-49-17-8-10-26-59(49)61)56-39-34-46(35-40-56)50-19-13-20-52(44-50)60-28-14-18-48-16-7-9-25-58(48)60/h1-45H/i34D,35D,39D,40D. The summed E-state index contributed by atoms with van der Waals surface area (Å²) in [5.41, 5.74) is 12.3. The fourth-order valence-corrected chi connectivity index (χ4v) is 10.9. The Morgan fingerprint density at radius 3 is 1.63 bits per heavy atom. The molecule has 68 heavy (non-hydrogen) atoms. The van der Waals surface area contributed by atoms with Crippen LogP contribution in [0.25, 0.3) is 76.8 Å². The number of hydrogen-bond donors (Lipinski definition) is 0. The zero-order valence-corrected chi connectivity index (χ0v) is 37.1.